The number of carbonyl (C=O) groups is 1. The lowest BCUT2D eigenvalue weighted by Gasteiger charge is -2.13. The number of anilines is 1. The van der Waals surface area contributed by atoms with Crippen LogP contribution < -0.4 is 5.32 Å². The van der Waals surface area contributed by atoms with E-state index in [0.717, 1.165) is 34.4 Å². The van der Waals surface area contributed by atoms with Crippen LogP contribution in [-0.2, 0) is 0 Å². The van der Waals surface area contributed by atoms with Crippen LogP contribution in [0.2, 0.25) is 0 Å². The Hall–Kier alpha value is -1.95. The molecule has 0 spiro atoms. The van der Waals surface area contributed by atoms with Crippen molar-refractivity contribution in [3.05, 3.63) is 28.9 Å². The minimum atomic E-state index is -0.908. The number of rotatable bonds is 3. The van der Waals surface area contributed by atoms with E-state index in [1.165, 1.54) is 17.7 Å². The van der Waals surface area contributed by atoms with Gasteiger partial charge >= 0.3 is 5.97 Å². The average molecular weight is 275 g/mol. The molecular weight excluding hydrogens is 262 g/mol. The number of hydrogen-bond acceptors (Lipinski definition) is 5. The Morgan fingerprint density at radius 2 is 2.16 bits per heavy atom. The fourth-order valence-corrected chi connectivity index (χ4v) is 3.30. The monoisotopic (exact) mass is 275 g/mol. The number of fused-ring (bicyclic) bond motifs is 1. The maximum atomic E-state index is 11.2. The van der Waals surface area contributed by atoms with Gasteiger partial charge in [0.05, 0.1) is 5.39 Å². The van der Waals surface area contributed by atoms with Crippen LogP contribution in [0.3, 0.4) is 0 Å². The van der Waals surface area contributed by atoms with Gasteiger partial charge in [-0.15, -0.1) is 11.3 Å². The first kappa shape index (κ1) is 12.1. The van der Waals surface area contributed by atoms with E-state index < -0.39 is 5.97 Å². The Kier molecular flexibility index (Phi) is 2.94. The topological polar surface area (TPSA) is 75.1 Å². The van der Waals surface area contributed by atoms with E-state index in [1.54, 1.807) is 0 Å². The second kappa shape index (κ2) is 4.62. The molecule has 0 unspecified atom stereocenters. The summed E-state index contributed by atoms with van der Waals surface area (Å²) >= 11 is 1.20. The molecule has 0 atom stereocenters. The van der Waals surface area contributed by atoms with Crippen molar-refractivity contribution < 1.29 is 9.90 Å². The highest BCUT2D eigenvalue weighted by Gasteiger charge is 2.20. The molecule has 0 amide bonds. The third-order valence-corrected chi connectivity index (χ3v) is 4.46. The molecule has 1 aliphatic rings. The first-order valence-corrected chi connectivity index (χ1v) is 6.87. The van der Waals surface area contributed by atoms with Gasteiger partial charge in [0.2, 0.25) is 0 Å². The van der Waals surface area contributed by atoms with Crippen molar-refractivity contribution in [2.75, 3.05) is 5.32 Å². The lowest BCUT2D eigenvalue weighted by Crippen LogP contribution is -2.16. The van der Waals surface area contributed by atoms with Crippen LogP contribution in [0.5, 0.6) is 0 Å². The lowest BCUT2D eigenvalue weighted by atomic mass is 10.2. The second-order valence-electron chi connectivity index (χ2n) is 4.55. The van der Waals surface area contributed by atoms with Crippen molar-refractivity contribution in [1.82, 2.24) is 9.97 Å². The van der Waals surface area contributed by atoms with Gasteiger partial charge < -0.3 is 10.4 Å². The molecule has 0 aliphatic heterocycles. The molecule has 0 aromatic carbocycles. The van der Waals surface area contributed by atoms with Gasteiger partial charge in [-0.2, -0.15) is 0 Å². The van der Waals surface area contributed by atoms with Crippen LogP contribution in [-0.4, -0.2) is 27.1 Å². The summed E-state index contributed by atoms with van der Waals surface area (Å²) in [5.41, 5.74) is 0.738. The number of nitrogens with zero attached hydrogens (tertiary/aromatic N) is 2. The van der Waals surface area contributed by atoms with Gasteiger partial charge in [0.1, 0.15) is 21.9 Å². The normalized spacial score (nSPS) is 15.2. The van der Waals surface area contributed by atoms with Gasteiger partial charge in [-0.05, 0) is 25.3 Å². The van der Waals surface area contributed by atoms with Crippen LogP contribution in [0.1, 0.15) is 28.1 Å². The number of aromatic nitrogens is 2. The molecule has 1 aliphatic carbocycles. The summed E-state index contributed by atoms with van der Waals surface area (Å²) < 4.78 is 0. The third kappa shape index (κ3) is 2.08. The summed E-state index contributed by atoms with van der Waals surface area (Å²) in [5.74, 6) is -0.172. The van der Waals surface area contributed by atoms with Gasteiger partial charge in [0.15, 0.2) is 0 Å². The maximum absolute atomic E-state index is 11.2. The fraction of sp³-hybridized carbons (Fsp3) is 0.308. The summed E-state index contributed by atoms with van der Waals surface area (Å²) in [4.78, 5) is 20.7. The highest BCUT2D eigenvalue weighted by atomic mass is 32.1. The van der Waals surface area contributed by atoms with Gasteiger partial charge in [0, 0.05) is 6.04 Å². The zero-order valence-electron chi connectivity index (χ0n) is 10.4. The molecule has 0 saturated heterocycles. The molecule has 3 rings (SSSR count). The van der Waals surface area contributed by atoms with Crippen molar-refractivity contribution in [3.8, 4) is 0 Å². The maximum Gasteiger partial charge on any atom is 0.346 e. The standard InChI is InChI=1S/C13H13N3O2S/c1-7-9-11(16-8-4-2-3-5-8)14-6-15-12(9)19-10(7)13(17)18/h2-3,6,8H,4-5H2,1H3,(H,17,18)(H,14,15,16). The van der Waals surface area contributed by atoms with Crippen LogP contribution in [0.25, 0.3) is 10.2 Å². The van der Waals surface area contributed by atoms with Crippen molar-refractivity contribution in [2.24, 2.45) is 0 Å². The lowest BCUT2D eigenvalue weighted by molar-refractivity contribution is 0.0701. The Labute approximate surface area is 114 Å². The minimum Gasteiger partial charge on any atom is -0.477 e. The van der Waals surface area contributed by atoms with E-state index >= 15 is 0 Å². The number of aromatic carboxylic acids is 1. The highest BCUT2D eigenvalue weighted by Crippen LogP contribution is 2.33. The predicted octanol–water partition coefficient (Wildman–Crippen LogP) is 2.83. The summed E-state index contributed by atoms with van der Waals surface area (Å²) in [6.07, 6.45) is 7.70. The van der Waals surface area contributed by atoms with Crippen molar-refractivity contribution in [2.45, 2.75) is 25.8 Å². The fourth-order valence-electron chi connectivity index (χ4n) is 2.31. The molecule has 5 nitrogen and oxygen atoms in total. The molecule has 0 fully saturated rings. The molecule has 2 N–H and O–H groups in total. The minimum absolute atomic E-state index is 0.336. The van der Waals surface area contributed by atoms with Crippen LogP contribution in [0, 0.1) is 6.92 Å². The van der Waals surface area contributed by atoms with E-state index in [2.05, 4.69) is 27.4 Å². The quantitative estimate of drug-likeness (QED) is 0.842. The Morgan fingerprint density at radius 3 is 2.84 bits per heavy atom. The first-order valence-electron chi connectivity index (χ1n) is 6.05. The van der Waals surface area contributed by atoms with E-state index in [4.69, 9.17) is 0 Å². The number of carboxylic acids is 1. The van der Waals surface area contributed by atoms with E-state index in [-0.39, 0.29) is 0 Å². The predicted molar refractivity (Wildman–Crippen MR) is 74.9 cm³/mol. The van der Waals surface area contributed by atoms with Crippen LogP contribution >= 0.6 is 11.3 Å². The number of hydrogen-bond donors (Lipinski definition) is 2. The zero-order valence-corrected chi connectivity index (χ0v) is 11.2. The molecular formula is C13H13N3O2S. The summed E-state index contributed by atoms with van der Waals surface area (Å²) in [6, 6.07) is 0.339. The summed E-state index contributed by atoms with van der Waals surface area (Å²) in [5, 5.41) is 13.4. The molecule has 2 heterocycles. The Morgan fingerprint density at radius 1 is 1.42 bits per heavy atom. The molecule has 6 heteroatoms. The number of carboxylic acid groups (broad SMARTS) is 1. The number of thiophene rings is 1. The second-order valence-corrected chi connectivity index (χ2v) is 5.55. The molecule has 19 heavy (non-hydrogen) atoms. The highest BCUT2D eigenvalue weighted by molar-refractivity contribution is 7.20. The largest absolute Gasteiger partial charge is 0.477 e. The van der Waals surface area contributed by atoms with E-state index in [9.17, 15) is 9.90 Å². The summed E-state index contributed by atoms with van der Waals surface area (Å²) in [6.45, 7) is 1.81. The first-order chi connectivity index (χ1) is 9.16. The molecule has 2 aromatic heterocycles. The third-order valence-electron chi connectivity index (χ3n) is 3.27. The van der Waals surface area contributed by atoms with E-state index in [1.807, 2.05) is 6.92 Å². The van der Waals surface area contributed by atoms with Gasteiger partial charge in [-0.3, -0.25) is 0 Å². The van der Waals surface area contributed by atoms with Gasteiger partial charge in [0.25, 0.3) is 0 Å². The smallest absolute Gasteiger partial charge is 0.346 e. The van der Waals surface area contributed by atoms with Crippen molar-refractivity contribution >= 4 is 33.3 Å². The SMILES string of the molecule is Cc1c(C(=O)O)sc2ncnc(NC3CC=CC3)c12. The van der Waals surface area contributed by atoms with Gasteiger partial charge in [-0.1, -0.05) is 12.2 Å². The van der Waals surface area contributed by atoms with Crippen molar-refractivity contribution in [1.29, 1.82) is 0 Å². The molecule has 0 radical (unpaired) electrons. The average Bonchev–Trinajstić information content (AvgIpc) is 2.98. The van der Waals surface area contributed by atoms with Crippen LogP contribution in [0.4, 0.5) is 5.82 Å². The number of nitrogens with one attached hydrogen (secondary N) is 1. The number of aryl methyl sites for hydroxylation is 1. The molecule has 0 saturated carbocycles. The van der Waals surface area contributed by atoms with Crippen LogP contribution in [0.15, 0.2) is 18.5 Å². The Balaban J connectivity index is 2.06. The zero-order chi connectivity index (χ0) is 13.4. The van der Waals surface area contributed by atoms with Gasteiger partial charge in [-0.25, -0.2) is 14.8 Å². The molecule has 98 valence electrons. The van der Waals surface area contributed by atoms with Crippen molar-refractivity contribution in [3.63, 3.8) is 0 Å². The Bertz CT molecular complexity index is 670. The molecule has 0 bridgehead atoms. The van der Waals surface area contributed by atoms with E-state index in [0.29, 0.717) is 10.9 Å². The molecule has 2 aromatic rings. The summed E-state index contributed by atoms with van der Waals surface area (Å²) in [7, 11) is 0.